The third-order valence-electron chi connectivity index (χ3n) is 3.94. The number of nitriles is 1. The fourth-order valence-corrected chi connectivity index (χ4v) is 2.97. The lowest BCUT2D eigenvalue weighted by Gasteiger charge is -2.23. The molecule has 0 saturated carbocycles. The zero-order valence-corrected chi connectivity index (χ0v) is 11.9. The van der Waals surface area contributed by atoms with Crippen molar-refractivity contribution >= 4 is 11.6 Å². The van der Waals surface area contributed by atoms with Crippen LogP contribution in [0.3, 0.4) is 0 Å². The highest BCUT2D eigenvalue weighted by molar-refractivity contribution is 6.08. The van der Waals surface area contributed by atoms with E-state index in [1.54, 1.807) is 0 Å². The molecule has 21 heavy (non-hydrogen) atoms. The molecule has 0 N–H and O–H groups in total. The van der Waals surface area contributed by atoms with Gasteiger partial charge in [-0.15, -0.1) is 0 Å². The van der Waals surface area contributed by atoms with E-state index < -0.39 is 0 Å². The van der Waals surface area contributed by atoms with E-state index in [9.17, 15) is 4.79 Å². The maximum absolute atomic E-state index is 12.9. The molecule has 1 amide bonds. The third-order valence-corrected chi connectivity index (χ3v) is 3.94. The van der Waals surface area contributed by atoms with Crippen LogP contribution in [-0.4, -0.2) is 11.9 Å². The van der Waals surface area contributed by atoms with Crippen LogP contribution in [0, 0.1) is 11.3 Å². The van der Waals surface area contributed by atoms with Gasteiger partial charge in [0, 0.05) is 17.3 Å². The van der Waals surface area contributed by atoms with Crippen molar-refractivity contribution in [2.24, 2.45) is 0 Å². The van der Waals surface area contributed by atoms with E-state index >= 15 is 0 Å². The highest BCUT2D eigenvalue weighted by Crippen LogP contribution is 2.33. The van der Waals surface area contributed by atoms with Crippen molar-refractivity contribution < 1.29 is 4.79 Å². The lowest BCUT2D eigenvalue weighted by atomic mass is 10.0. The van der Waals surface area contributed by atoms with Crippen LogP contribution in [0.15, 0.2) is 48.5 Å². The van der Waals surface area contributed by atoms with Gasteiger partial charge in [-0.2, -0.15) is 5.26 Å². The van der Waals surface area contributed by atoms with E-state index in [4.69, 9.17) is 5.26 Å². The SMILES string of the molecule is CC1Cc2ccccc2N1C(=O)c1ccccc1CC#N. The summed E-state index contributed by atoms with van der Waals surface area (Å²) in [6, 6.07) is 17.7. The summed E-state index contributed by atoms with van der Waals surface area (Å²) in [6.07, 6.45) is 1.13. The molecule has 3 rings (SSSR count). The molecule has 1 atom stereocenters. The summed E-state index contributed by atoms with van der Waals surface area (Å²) in [7, 11) is 0. The smallest absolute Gasteiger partial charge is 0.258 e. The number of para-hydroxylation sites is 1. The van der Waals surface area contributed by atoms with Crippen LogP contribution in [0.25, 0.3) is 0 Å². The summed E-state index contributed by atoms with van der Waals surface area (Å²) >= 11 is 0. The van der Waals surface area contributed by atoms with E-state index in [1.807, 2.05) is 47.4 Å². The average Bonchev–Trinajstić information content (AvgIpc) is 2.83. The van der Waals surface area contributed by atoms with Crippen molar-refractivity contribution in [3.63, 3.8) is 0 Å². The summed E-state index contributed by atoms with van der Waals surface area (Å²) in [6.45, 7) is 2.06. The van der Waals surface area contributed by atoms with Gasteiger partial charge in [0.25, 0.3) is 5.91 Å². The molecule has 0 radical (unpaired) electrons. The molecule has 0 aromatic heterocycles. The average molecular weight is 276 g/mol. The second-order valence-electron chi connectivity index (χ2n) is 5.35. The minimum absolute atomic E-state index is 0.0155. The Balaban J connectivity index is 2.02. The van der Waals surface area contributed by atoms with Gasteiger partial charge in [-0.1, -0.05) is 36.4 Å². The number of anilines is 1. The number of hydrogen-bond acceptors (Lipinski definition) is 2. The molecule has 0 fully saturated rings. The first kappa shape index (κ1) is 13.4. The Labute approximate surface area is 124 Å². The fraction of sp³-hybridized carbons (Fsp3) is 0.222. The number of rotatable bonds is 2. The molecule has 1 heterocycles. The zero-order chi connectivity index (χ0) is 14.8. The number of hydrogen-bond donors (Lipinski definition) is 0. The van der Waals surface area contributed by atoms with Gasteiger partial charge in [0.2, 0.25) is 0 Å². The van der Waals surface area contributed by atoms with Crippen LogP contribution in [0.5, 0.6) is 0 Å². The van der Waals surface area contributed by atoms with Crippen LogP contribution in [0.1, 0.15) is 28.4 Å². The lowest BCUT2D eigenvalue weighted by molar-refractivity contribution is 0.0980. The molecular weight excluding hydrogens is 260 g/mol. The predicted molar refractivity (Wildman–Crippen MR) is 82.2 cm³/mol. The maximum Gasteiger partial charge on any atom is 0.258 e. The molecule has 2 aromatic rings. The quantitative estimate of drug-likeness (QED) is 0.844. The van der Waals surface area contributed by atoms with E-state index in [1.165, 1.54) is 5.56 Å². The van der Waals surface area contributed by atoms with Crippen molar-refractivity contribution in [3.05, 3.63) is 65.2 Å². The first-order valence-electron chi connectivity index (χ1n) is 7.08. The third kappa shape index (κ3) is 2.30. The fourth-order valence-electron chi connectivity index (χ4n) is 2.97. The van der Waals surface area contributed by atoms with Gasteiger partial charge in [-0.25, -0.2) is 0 Å². The number of fused-ring (bicyclic) bond motifs is 1. The summed E-state index contributed by atoms with van der Waals surface area (Å²) in [4.78, 5) is 14.8. The second-order valence-corrected chi connectivity index (χ2v) is 5.35. The van der Waals surface area contributed by atoms with Crippen molar-refractivity contribution in [1.82, 2.24) is 0 Å². The normalized spacial score (nSPS) is 16.4. The summed E-state index contributed by atoms with van der Waals surface area (Å²) in [5.41, 5.74) is 3.61. The zero-order valence-electron chi connectivity index (χ0n) is 11.9. The summed E-state index contributed by atoms with van der Waals surface area (Å²) < 4.78 is 0. The highest BCUT2D eigenvalue weighted by Gasteiger charge is 2.31. The largest absolute Gasteiger partial charge is 0.305 e. The molecule has 2 aromatic carbocycles. The monoisotopic (exact) mass is 276 g/mol. The van der Waals surface area contributed by atoms with Crippen LogP contribution in [0.2, 0.25) is 0 Å². The molecule has 3 nitrogen and oxygen atoms in total. The Bertz CT molecular complexity index is 730. The molecule has 0 bridgehead atoms. The first-order chi connectivity index (χ1) is 10.2. The first-order valence-corrected chi connectivity index (χ1v) is 7.08. The molecule has 1 unspecified atom stereocenters. The Hall–Kier alpha value is -2.60. The van der Waals surface area contributed by atoms with Gasteiger partial charge >= 0.3 is 0 Å². The van der Waals surface area contributed by atoms with Crippen LogP contribution < -0.4 is 4.90 Å². The maximum atomic E-state index is 12.9. The van der Waals surface area contributed by atoms with Crippen molar-refractivity contribution in [2.75, 3.05) is 4.90 Å². The molecule has 1 aliphatic rings. The van der Waals surface area contributed by atoms with Gasteiger partial charge in [-0.05, 0) is 36.6 Å². The minimum Gasteiger partial charge on any atom is -0.305 e. The van der Waals surface area contributed by atoms with Crippen LogP contribution >= 0.6 is 0 Å². The number of carbonyl (C=O) groups is 1. The molecule has 104 valence electrons. The second kappa shape index (κ2) is 5.41. The van der Waals surface area contributed by atoms with Gasteiger partial charge < -0.3 is 4.90 Å². The molecular formula is C18H16N2O. The number of nitrogens with zero attached hydrogens (tertiary/aromatic N) is 2. The number of benzene rings is 2. The lowest BCUT2D eigenvalue weighted by Crippen LogP contribution is -2.36. The van der Waals surface area contributed by atoms with Crippen molar-refractivity contribution in [3.8, 4) is 6.07 Å². The Kier molecular flexibility index (Phi) is 3.45. The molecule has 0 aliphatic carbocycles. The molecule has 1 aliphatic heterocycles. The Morgan fingerprint density at radius 3 is 2.76 bits per heavy atom. The molecule has 0 spiro atoms. The predicted octanol–water partition coefficient (Wildman–Crippen LogP) is 3.34. The number of carbonyl (C=O) groups excluding carboxylic acids is 1. The Morgan fingerprint density at radius 1 is 1.24 bits per heavy atom. The molecule has 0 saturated heterocycles. The Morgan fingerprint density at radius 2 is 1.95 bits per heavy atom. The van der Waals surface area contributed by atoms with Gasteiger partial charge in [0.1, 0.15) is 0 Å². The van der Waals surface area contributed by atoms with E-state index in [-0.39, 0.29) is 18.4 Å². The minimum atomic E-state index is -0.0155. The molecule has 3 heteroatoms. The van der Waals surface area contributed by atoms with Gasteiger partial charge in [0.15, 0.2) is 0 Å². The van der Waals surface area contributed by atoms with Crippen LogP contribution in [-0.2, 0) is 12.8 Å². The van der Waals surface area contributed by atoms with Gasteiger partial charge in [0.05, 0.1) is 12.5 Å². The van der Waals surface area contributed by atoms with Crippen LogP contribution in [0.4, 0.5) is 5.69 Å². The topological polar surface area (TPSA) is 44.1 Å². The van der Waals surface area contributed by atoms with Gasteiger partial charge in [-0.3, -0.25) is 4.79 Å². The standard InChI is InChI=1S/C18H16N2O/c1-13-12-15-7-3-5-9-17(15)20(13)18(21)16-8-4-2-6-14(16)10-11-19/h2-9,13H,10,12H2,1H3. The number of amides is 1. The van der Waals surface area contributed by atoms with Crippen molar-refractivity contribution in [1.29, 1.82) is 5.26 Å². The summed E-state index contributed by atoms with van der Waals surface area (Å²) in [5, 5.41) is 8.93. The summed E-state index contributed by atoms with van der Waals surface area (Å²) in [5.74, 6) is -0.0155. The van der Waals surface area contributed by atoms with Crippen molar-refractivity contribution in [2.45, 2.75) is 25.8 Å². The highest BCUT2D eigenvalue weighted by atomic mass is 16.2. The van der Waals surface area contributed by atoms with E-state index in [0.29, 0.717) is 5.56 Å². The van der Waals surface area contributed by atoms with E-state index in [2.05, 4.69) is 19.1 Å². The van der Waals surface area contributed by atoms with E-state index in [0.717, 1.165) is 17.7 Å².